The summed E-state index contributed by atoms with van der Waals surface area (Å²) in [7, 11) is 0. The summed E-state index contributed by atoms with van der Waals surface area (Å²) in [4.78, 5) is 0. The maximum Gasteiger partial charge on any atom is 0.131 e. The molecule has 0 bridgehead atoms. The molecule has 0 nitrogen and oxygen atoms in total. The Morgan fingerprint density at radius 2 is 1.31 bits per heavy atom. The van der Waals surface area contributed by atoms with Crippen molar-refractivity contribution in [2.75, 3.05) is 0 Å². The average molecular weight is 455 g/mol. The number of rotatable bonds is 8. The van der Waals surface area contributed by atoms with Crippen molar-refractivity contribution in [3.63, 3.8) is 0 Å². The molecule has 0 spiro atoms. The van der Waals surface area contributed by atoms with Crippen LogP contribution in [0.2, 0.25) is 5.02 Å². The van der Waals surface area contributed by atoms with E-state index in [1.807, 2.05) is 30.3 Å². The second-order valence-electron chi connectivity index (χ2n) is 10.6. The van der Waals surface area contributed by atoms with Crippen LogP contribution in [-0.2, 0) is 0 Å². The third-order valence-corrected chi connectivity index (χ3v) is 8.63. The van der Waals surface area contributed by atoms with E-state index < -0.39 is 0 Å². The van der Waals surface area contributed by atoms with Crippen molar-refractivity contribution >= 4 is 11.6 Å². The zero-order valence-corrected chi connectivity index (χ0v) is 20.6. The van der Waals surface area contributed by atoms with E-state index in [4.69, 9.17) is 11.6 Å². The molecule has 2 heteroatoms. The Labute approximate surface area is 200 Å². The van der Waals surface area contributed by atoms with Gasteiger partial charge in [0.15, 0.2) is 0 Å². The fraction of sp³-hybridized carbons (Fsp3) is 0.600. The molecule has 0 atom stereocenters. The van der Waals surface area contributed by atoms with Crippen molar-refractivity contribution in [3.8, 4) is 11.1 Å². The third kappa shape index (κ3) is 6.37. The summed E-state index contributed by atoms with van der Waals surface area (Å²) in [6.07, 6.45) is 18.1. The standard InChI is InChI=1S/C30H40ClF/c1-2-3-4-22-5-7-23(8-6-22)9-10-24-11-13-25(14-12-24)27-17-20-29(30(32)21-27)26-15-18-28(31)19-16-26/h15-25H,2-14H2,1H3. The van der Waals surface area contributed by atoms with Crippen LogP contribution in [0.3, 0.4) is 0 Å². The molecular weight excluding hydrogens is 415 g/mol. The SMILES string of the molecule is CCCCC1CCC(CCC2CCC(c3ccc(-c4ccc(Cl)cc4)c(F)c3)CC2)CC1. The van der Waals surface area contributed by atoms with Crippen molar-refractivity contribution in [2.45, 2.75) is 96.3 Å². The molecule has 0 unspecified atom stereocenters. The van der Waals surface area contributed by atoms with Gasteiger partial charge in [-0.2, -0.15) is 0 Å². The third-order valence-electron chi connectivity index (χ3n) is 8.38. The Morgan fingerprint density at radius 3 is 1.88 bits per heavy atom. The van der Waals surface area contributed by atoms with Gasteiger partial charge in [-0.25, -0.2) is 4.39 Å². The van der Waals surface area contributed by atoms with Gasteiger partial charge in [0.1, 0.15) is 5.82 Å². The van der Waals surface area contributed by atoms with E-state index in [-0.39, 0.29) is 5.82 Å². The van der Waals surface area contributed by atoms with Crippen LogP contribution in [-0.4, -0.2) is 0 Å². The van der Waals surface area contributed by atoms with Gasteiger partial charge < -0.3 is 0 Å². The van der Waals surface area contributed by atoms with E-state index in [2.05, 4.69) is 13.0 Å². The van der Waals surface area contributed by atoms with Gasteiger partial charge in [-0.05, 0) is 78.7 Å². The fourth-order valence-electron chi connectivity index (χ4n) is 6.21. The first-order valence-corrected chi connectivity index (χ1v) is 13.6. The van der Waals surface area contributed by atoms with E-state index in [1.54, 1.807) is 6.07 Å². The lowest BCUT2D eigenvalue weighted by molar-refractivity contribution is 0.222. The van der Waals surface area contributed by atoms with Gasteiger partial charge in [-0.15, -0.1) is 0 Å². The van der Waals surface area contributed by atoms with Crippen LogP contribution in [0.15, 0.2) is 42.5 Å². The van der Waals surface area contributed by atoms with Crippen LogP contribution >= 0.6 is 11.6 Å². The molecule has 0 amide bonds. The molecule has 2 aliphatic carbocycles. The summed E-state index contributed by atoms with van der Waals surface area (Å²) in [5.74, 6) is 3.31. The summed E-state index contributed by atoms with van der Waals surface area (Å²) in [6.45, 7) is 2.31. The van der Waals surface area contributed by atoms with Gasteiger partial charge in [-0.1, -0.05) is 101 Å². The molecule has 2 saturated carbocycles. The van der Waals surface area contributed by atoms with E-state index >= 15 is 0 Å². The second-order valence-corrected chi connectivity index (χ2v) is 11.0. The predicted molar refractivity (Wildman–Crippen MR) is 136 cm³/mol. The first-order chi connectivity index (χ1) is 15.6. The zero-order chi connectivity index (χ0) is 22.3. The first kappa shape index (κ1) is 23.8. The monoisotopic (exact) mass is 454 g/mol. The maximum absolute atomic E-state index is 14.9. The highest BCUT2D eigenvalue weighted by atomic mass is 35.5. The van der Waals surface area contributed by atoms with Gasteiger partial charge in [0.05, 0.1) is 0 Å². The van der Waals surface area contributed by atoms with E-state index in [0.29, 0.717) is 16.5 Å². The highest BCUT2D eigenvalue weighted by Crippen LogP contribution is 2.41. The molecule has 174 valence electrons. The van der Waals surface area contributed by atoms with Gasteiger partial charge in [0.2, 0.25) is 0 Å². The Morgan fingerprint density at radius 1 is 0.750 bits per heavy atom. The van der Waals surface area contributed by atoms with Crippen molar-refractivity contribution in [2.24, 2.45) is 17.8 Å². The average Bonchev–Trinajstić information content (AvgIpc) is 2.83. The molecule has 32 heavy (non-hydrogen) atoms. The molecular formula is C30H40ClF. The Balaban J connectivity index is 1.22. The molecule has 0 N–H and O–H groups in total. The summed E-state index contributed by atoms with van der Waals surface area (Å²) in [6, 6.07) is 13.3. The minimum atomic E-state index is -0.110. The molecule has 2 fully saturated rings. The smallest absolute Gasteiger partial charge is 0.131 e. The van der Waals surface area contributed by atoms with E-state index in [0.717, 1.165) is 23.3 Å². The lowest BCUT2D eigenvalue weighted by Crippen LogP contribution is -2.18. The van der Waals surface area contributed by atoms with Crippen LogP contribution < -0.4 is 0 Å². The Kier molecular flexibility index (Phi) is 8.69. The van der Waals surface area contributed by atoms with Crippen LogP contribution in [0.25, 0.3) is 11.1 Å². The maximum atomic E-state index is 14.9. The van der Waals surface area contributed by atoms with Crippen LogP contribution in [0, 0.1) is 23.6 Å². The first-order valence-electron chi connectivity index (χ1n) is 13.2. The topological polar surface area (TPSA) is 0 Å². The lowest BCUT2D eigenvalue weighted by Gasteiger charge is -2.32. The van der Waals surface area contributed by atoms with Gasteiger partial charge in [0, 0.05) is 10.6 Å². The van der Waals surface area contributed by atoms with Crippen LogP contribution in [0.5, 0.6) is 0 Å². The number of benzene rings is 2. The molecule has 2 aromatic carbocycles. The van der Waals surface area contributed by atoms with Crippen LogP contribution in [0.1, 0.15) is 102 Å². The second kappa shape index (κ2) is 11.7. The zero-order valence-electron chi connectivity index (χ0n) is 19.8. The quantitative estimate of drug-likeness (QED) is 0.372. The molecule has 0 saturated heterocycles. The largest absolute Gasteiger partial charge is 0.206 e. The van der Waals surface area contributed by atoms with E-state index in [1.165, 1.54) is 89.0 Å². The number of unbranched alkanes of at least 4 members (excludes halogenated alkanes) is 1. The summed E-state index contributed by atoms with van der Waals surface area (Å²) >= 11 is 5.97. The summed E-state index contributed by atoms with van der Waals surface area (Å²) in [5, 5.41) is 0.683. The highest BCUT2D eigenvalue weighted by molar-refractivity contribution is 6.30. The number of hydrogen-bond acceptors (Lipinski definition) is 0. The molecule has 4 rings (SSSR count). The van der Waals surface area contributed by atoms with Crippen molar-refractivity contribution < 1.29 is 4.39 Å². The Hall–Kier alpha value is -1.34. The molecule has 0 aromatic heterocycles. The van der Waals surface area contributed by atoms with Crippen molar-refractivity contribution in [1.29, 1.82) is 0 Å². The minimum absolute atomic E-state index is 0.110. The van der Waals surface area contributed by atoms with Crippen LogP contribution in [0.4, 0.5) is 4.39 Å². The fourth-order valence-corrected chi connectivity index (χ4v) is 6.33. The van der Waals surface area contributed by atoms with Gasteiger partial charge in [-0.3, -0.25) is 0 Å². The van der Waals surface area contributed by atoms with Gasteiger partial charge >= 0.3 is 0 Å². The van der Waals surface area contributed by atoms with E-state index in [9.17, 15) is 4.39 Å². The van der Waals surface area contributed by atoms with Crippen molar-refractivity contribution in [3.05, 3.63) is 58.9 Å². The summed E-state index contributed by atoms with van der Waals surface area (Å²) in [5.41, 5.74) is 2.74. The molecule has 2 aromatic rings. The molecule has 0 radical (unpaired) electrons. The van der Waals surface area contributed by atoms with Gasteiger partial charge in [0.25, 0.3) is 0 Å². The molecule has 2 aliphatic rings. The normalized spacial score (nSPS) is 26.2. The lowest BCUT2D eigenvalue weighted by atomic mass is 9.74. The van der Waals surface area contributed by atoms with Crippen molar-refractivity contribution in [1.82, 2.24) is 0 Å². The predicted octanol–water partition coefficient (Wildman–Crippen LogP) is 10.2. The minimum Gasteiger partial charge on any atom is -0.206 e. The highest BCUT2D eigenvalue weighted by Gasteiger charge is 2.25. The Bertz CT molecular complexity index is 826. The summed E-state index contributed by atoms with van der Waals surface area (Å²) < 4.78 is 14.9. The molecule has 0 aliphatic heterocycles. The molecule has 0 heterocycles. The number of halogens is 2. The number of hydrogen-bond donors (Lipinski definition) is 0.